The third-order valence-corrected chi connectivity index (χ3v) is 10.6. The van der Waals surface area contributed by atoms with E-state index in [2.05, 4.69) is 13.8 Å². The Hall–Kier alpha value is -1.65. The number of allylic oxidation sites excluding steroid dienone is 1. The third-order valence-electron chi connectivity index (χ3n) is 10.6. The van der Waals surface area contributed by atoms with Crippen molar-refractivity contribution in [2.24, 2.45) is 46.3 Å². The summed E-state index contributed by atoms with van der Waals surface area (Å²) in [4.78, 5) is 37.5. The number of hydrogen-bond donors (Lipinski definition) is 0. The molecule has 1 saturated heterocycles. The van der Waals surface area contributed by atoms with Gasteiger partial charge in [-0.15, -0.1) is 0 Å². The Kier molecular flexibility index (Phi) is 3.67. The molecule has 5 nitrogen and oxygen atoms in total. The monoisotopic (exact) mass is 412 g/mol. The van der Waals surface area contributed by atoms with Crippen molar-refractivity contribution < 1.29 is 23.9 Å². The Bertz CT molecular complexity index is 890. The molecule has 0 aromatic carbocycles. The Morgan fingerprint density at radius 1 is 1.13 bits per heavy atom. The zero-order valence-electron chi connectivity index (χ0n) is 18.2. The van der Waals surface area contributed by atoms with Gasteiger partial charge >= 0.3 is 11.9 Å². The molecule has 0 radical (unpaired) electrons. The molecule has 5 fully saturated rings. The summed E-state index contributed by atoms with van der Waals surface area (Å²) < 4.78 is 11.5. The van der Waals surface area contributed by atoms with Crippen LogP contribution in [0.1, 0.15) is 65.2 Å². The lowest BCUT2D eigenvalue weighted by molar-refractivity contribution is -0.185. The van der Waals surface area contributed by atoms with Gasteiger partial charge in [-0.2, -0.15) is 0 Å². The Morgan fingerprint density at radius 3 is 2.63 bits per heavy atom. The Labute approximate surface area is 177 Å². The molecular formula is C25H32O5. The minimum absolute atomic E-state index is 0.00305. The number of hydrogen-bond acceptors (Lipinski definition) is 5. The van der Waals surface area contributed by atoms with Crippen molar-refractivity contribution in [1.29, 1.82) is 0 Å². The molecule has 6 rings (SSSR count). The van der Waals surface area contributed by atoms with Gasteiger partial charge in [0.25, 0.3) is 0 Å². The van der Waals surface area contributed by atoms with E-state index in [1.165, 1.54) is 12.7 Å². The predicted octanol–water partition coefficient (Wildman–Crippen LogP) is 3.85. The average molecular weight is 413 g/mol. The fourth-order valence-corrected chi connectivity index (χ4v) is 9.30. The fraction of sp³-hybridized carbons (Fsp3) is 0.800. The first-order chi connectivity index (χ1) is 14.2. The lowest BCUT2D eigenvalue weighted by Gasteiger charge is -2.61. The number of carbonyl (C=O) groups excluding carboxylic acids is 3. The lowest BCUT2D eigenvalue weighted by Crippen LogP contribution is -2.59. The molecule has 4 saturated carbocycles. The van der Waals surface area contributed by atoms with Crippen molar-refractivity contribution in [2.75, 3.05) is 7.11 Å². The van der Waals surface area contributed by atoms with Crippen LogP contribution in [0.15, 0.2) is 11.6 Å². The third kappa shape index (κ3) is 2.07. The minimum atomic E-state index is -0.315. The second-order valence-corrected chi connectivity index (χ2v) is 11.4. The number of methoxy groups -OCH3 is 1. The van der Waals surface area contributed by atoms with Crippen molar-refractivity contribution in [3.05, 3.63) is 11.6 Å². The smallest absolute Gasteiger partial charge is 0.309 e. The first-order valence-corrected chi connectivity index (χ1v) is 11.8. The van der Waals surface area contributed by atoms with Crippen molar-refractivity contribution >= 4 is 17.7 Å². The molecular weight excluding hydrogens is 380 g/mol. The van der Waals surface area contributed by atoms with Crippen molar-refractivity contribution in [1.82, 2.24) is 0 Å². The molecule has 5 heteroatoms. The van der Waals surface area contributed by atoms with Gasteiger partial charge < -0.3 is 9.47 Å². The van der Waals surface area contributed by atoms with Gasteiger partial charge in [-0.05, 0) is 73.7 Å². The molecule has 1 spiro atoms. The highest BCUT2D eigenvalue weighted by Crippen LogP contribution is 2.79. The maximum absolute atomic E-state index is 13.0. The topological polar surface area (TPSA) is 69.7 Å². The summed E-state index contributed by atoms with van der Waals surface area (Å²) in [6.07, 6.45) is 8.58. The maximum atomic E-state index is 13.0. The van der Waals surface area contributed by atoms with Crippen LogP contribution in [0, 0.1) is 46.3 Å². The average Bonchev–Trinajstić information content (AvgIpc) is 3.36. The van der Waals surface area contributed by atoms with E-state index in [-0.39, 0.29) is 46.0 Å². The molecule has 0 N–H and O–H groups in total. The zero-order valence-corrected chi connectivity index (χ0v) is 18.2. The van der Waals surface area contributed by atoms with Gasteiger partial charge in [-0.1, -0.05) is 19.4 Å². The molecule has 0 amide bonds. The minimum Gasteiger partial charge on any atom is -0.469 e. The molecule has 0 bridgehead atoms. The van der Waals surface area contributed by atoms with E-state index in [0.717, 1.165) is 32.1 Å². The number of fused-ring (bicyclic) bond motifs is 9. The summed E-state index contributed by atoms with van der Waals surface area (Å²) in [5.41, 5.74) is 0.801. The summed E-state index contributed by atoms with van der Waals surface area (Å²) in [6.45, 7) is 4.69. The van der Waals surface area contributed by atoms with Crippen LogP contribution in [0.2, 0.25) is 0 Å². The summed E-state index contributed by atoms with van der Waals surface area (Å²) in [5, 5.41) is 0. The highest BCUT2D eigenvalue weighted by molar-refractivity contribution is 5.92. The SMILES string of the molecule is COC(=O)C1CC2=CC(=O)CC[C@]2(C)C2CC[C@@]3(C)C(C12)[C@H]1C[C@H]1[C@@]31CCC(=O)O1. The van der Waals surface area contributed by atoms with E-state index in [4.69, 9.17) is 9.47 Å². The van der Waals surface area contributed by atoms with Gasteiger partial charge in [0.1, 0.15) is 5.60 Å². The molecule has 0 aromatic heterocycles. The fourth-order valence-electron chi connectivity index (χ4n) is 9.30. The largest absolute Gasteiger partial charge is 0.469 e. The van der Waals surface area contributed by atoms with Crippen LogP contribution in [-0.4, -0.2) is 30.4 Å². The summed E-state index contributed by atoms with van der Waals surface area (Å²) in [6, 6.07) is 0. The van der Waals surface area contributed by atoms with Crippen LogP contribution < -0.4 is 0 Å². The summed E-state index contributed by atoms with van der Waals surface area (Å²) in [7, 11) is 1.49. The number of rotatable bonds is 1. The second kappa shape index (κ2) is 5.77. The molecule has 1 heterocycles. The number of ether oxygens (including phenoxy) is 2. The molecule has 0 aromatic rings. The van der Waals surface area contributed by atoms with Gasteiger partial charge in [0.05, 0.1) is 13.0 Å². The molecule has 30 heavy (non-hydrogen) atoms. The van der Waals surface area contributed by atoms with Crippen molar-refractivity contribution in [3.63, 3.8) is 0 Å². The highest BCUT2D eigenvalue weighted by Gasteiger charge is 2.80. The molecule has 6 aliphatic rings. The number of esters is 2. The predicted molar refractivity (Wildman–Crippen MR) is 108 cm³/mol. The van der Waals surface area contributed by atoms with Crippen LogP contribution in [-0.2, 0) is 23.9 Å². The van der Waals surface area contributed by atoms with E-state index < -0.39 is 0 Å². The van der Waals surface area contributed by atoms with Gasteiger partial charge in [0.15, 0.2) is 5.78 Å². The van der Waals surface area contributed by atoms with Gasteiger partial charge in [-0.3, -0.25) is 14.4 Å². The van der Waals surface area contributed by atoms with E-state index in [1.54, 1.807) is 0 Å². The van der Waals surface area contributed by atoms with Gasteiger partial charge in [0, 0.05) is 24.2 Å². The van der Waals surface area contributed by atoms with Crippen LogP contribution >= 0.6 is 0 Å². The van der Waals surface area contributed by atoms with Gasteiger partial charge in [0.2, 0.25) is 0 Å². The first-order valence-electron chi connectivity index (χ1n) is 11.8. The summed E-state index contributed by atoms with van der Waals surface area (Å²) >= 11 is 0. The quantitative estimate of drug-likeness (QED) is 0.612. The molecule has 1 aliphatic heterocycles. The molecule has 4 unspecified atom stereocenters. The van der Waals surface area contributed by atoms with Crippen LogP contribution in [0.3, 0.4) is 0 Å². The van der Waals surface area contributed by atoms with Gasteiger partial charge in [-0.25, -0.2) is 0 Å². The van der Waals surface area contributed by atoms with Crippen LogP contribution in [0.4, 0.5) is 0 Å². The van der Waals surface area contributed by atoms with E-state index >= 15 is 0 Å². The lowest BCUT2D eigenvalue weighted by atomic mass is 9.43. The van der Waals surface area contributed by atoms with Crippen molar-refractivity contribution in [3.8, 4) is 0 Å². The van der Waals surface area contributed by atoms with Crippen molar-refractivity contribution in [2.45, 2.75) is 70.8 Å². The Balaban J connectivity index is 1.46. The second-order valence-electron chi connectivity index (χ2n) is 11.4. The highest BCUT2D eigenvalue weighted by atomic mass is 16.6. The zero-order chi connectivity index (χ0) is 21.1. The number of carbonyl (C=O) groups is 3. The van der Waals surface area contributed by atoms with Crippen LogP contribution in [0.5, 0.6) is 0 Å². The van der Waals surface area contributed by atoms with E-state index in [9.17, 15) is 14.4 Å². The number of ketones is 1. The summed E-state index contributed by atoms with van der Waals surface area (Å²) in [5.74, 6) is 1.90. The molecule has 162 valence electrons. The van der Waals surface area contributed by atoms with E-state index in [0.29, 0.717) is 42.9 Å². The first kappa shape index (κ1) is 19.1. The van der Waals surface area contributed by atoms with Crippen LogP contribution in [0.25, 0.3) is 0 Å². The normalized spacial score (nSPS) is 53.2. The molecule has 9 atom stereocenters. The standard InChI is InChI=1S/C25H32O5/c1-23-7-4-14(26)10-13(23)11-16(22(28)29-3)20-17(23)5-8-24(2)21(20)15-12-18(15)25(24)9-6-19(27)30-25/h10,15-18,20-21H,4-9,11-12H2,1-3H3/t15-,16?,17?,18+,20?,21?,23-,24-,25-/m0/s1. The maximum Gasteiger partial charge on any atom is 0.309 e. The Morgan fingerprint density at radius 2 is 1.93 bits per heavy atom. The van der Waals surface area contributed by atoms with E-state index in [1.807, 2.05) is 6.08 Å². The molecule has 5 aliphatic carbocycles.